The fourth-order valence-electron chi connectivity index (χ4n) is 4.01. The lowest BCUT2D eigenvalue weighted by Crippen LogP contribution is -2.09. The van der Waals surface area contributed by atoms with Crippen molar-refractivity contribution >= 4 is 33.0 Å². The van der Waals surface area contributed by atoms with Crippen molar-refractivity contribution in [3.8, 4) is 28.0 Å². The quantitative estimate of drug-likeness (QED) is 0.265. The number of phenolic OH excluding ortho intramolecular Hbond substituents is 1. The Labute approximate surface area is 202 Å². The zero-order valence-electron chi connectivity index (χ0n) is 17.9. The molecule has 0 aromatic heterocycles. The Morgan fingerprint density at radius 3 is 1.70 bits per heavy atom. The van der Waals surface area contributed by atoms with Crippen molar-refractivity contribution in [2.24, 2.45) is 0 Å². The van der Waals surface area contributed by atoms with Crippen LogP contribution in [0.15, 0.2) is 132 Å². The zero-order valence-corrected chi connectivity index (χ0v) is 19.5. The molecule has 5 aromatic rings. The lowest BCUT2D eigenvalue weighted by atomic mass is 9.99. The summed E-state index contributed by atoms with van der Waals surface area (Å²) in [6.45, 7) is 0. The van der Waals surface area contributed by atoms with Gasteiger partial charge in [-0.1, -0.05) is 88.7 Å². The van der Waals surface area contributed by atoms with E-state index in [1.54, 1.807) is 6.07 Å². The van der Waals surface area contributed by atoms with E-state index in [2.05, 4.69) is 118 Å². The predicted molar refractivity (Wildman–Crippen MR) is 141 cm³/mol. The lowest BCUT2D eigenvalue weighted by molar-refractivity contribution is 0.477. The third-order valence-corrected chi connectivity index (χ3v) is 6.11. The van der Waals surface area contributed by atoms with Crippen LogP contribution in [0.1, 0.15) is 0 Å². The van der Waals surface area contributed by atoms with Crippen LogP contribution in [-0.4, -0.2) is 5.11 Å². The van der Waals surface area contributed by atoms with Gasteiger partial charge in [0, 0.05) is 27.1 Å². The van der Waals surface area contributed by atoms with Crippen LogP contribution in [0.25, 0.3) is 22.3 Å². The Bertz CT molecular complexity index is 1330. The second-order valence-corrected chi connectivity index (χ2v) is 8.71. The molecule has 0 bridgehead atoms. The number of nitrogens with zero attached hydrogens (tertiary/aromatic N) is 1. The number of benzene rings is 5. The third kappa shape index (κ3) is 4.55. The Hall–Kier alpha value is -3.82. The van der Waals surface area contributed by atoms with Crippen LogP contribution in [-0.2, 0) is 0 Å². The van der Waals surface area contributed by atoms with Gasteiger partial charge >= 0.3 is 0 Å². The van der Waals surface area contributed by atoms with Gasteiger partial charge in [-0.05, 0) is 71.3 Å². The van der Waals surface area contributed by atoms with Crippen molar-refractivity contribution < 1.29 is 5.11 Å². The van der Waals surface area contributed by atoms with Gasteiger partial charge < -0.3 is 10.0 Å². The van der Waals surface area contributed by atoms with Gasteiger partial charge in [0.25, 0.3) is 0 Å². The fourth-order valence-corrected chi connectivity index (χ4v) is 4.37. The van der Waals surface area contributed by atoms with Gasteiger partial charge in [0.2, 0.25) is 0 Å². The lowest BCUT2D eigenvalue weighted by Gasteiger charge is -2.25. The number of rotatable bonds is 5. The highest BCUT2D eigenvalue weighted by Gasteiger charge is 2.13. The molecule has 0 aliphatic heterocycles. The summed E-state index contributed by atoms with van der Waals surface area (Å²) in [6, 6.07) is 43.2. The smallest absolute Gasteiger partial charge is 0.123 e. The number of anilines is 3. The van der Waals surface area contributed by atoms with E-state index in [1.165, 1.54) is 0 Å². The van der Waals surface area contributed by atoms with E-state index in [0.29, 0.717) is 0 Å². The van der Waals surface area contributed by atoms with Crippen molar-refractivity contribution in [3.63, 3.8) is 0 Å². The number of halogens is 1. The van der Waals surface area contributed by atoms with Crippen LogP contribution in [0.3, 0.4) is 0 Å². The first-order valence-corrected chi connectivity index (χ1v) is 11.6. The molecule has 0 amide bonds. The minimum absolute atomic E-state index is 0.273. The summed E-state index contributed by atoms with van der Waals surface area (Å²) < 4.78 is 0.939. The van der Waals surface area contributed by atoms with Crippen molar-refractivity contribution in [3.05, 3.63) is 132 Å². The van der Waals surface area contributed by atoms with Gasteiger partial charge in [0.05, 0.1) is 0 Å². The van der Waals surface area contributed by atoms with Crippen LogP contribution in [0.5, 0.6) is 5.75 Å². The molecule has 0 unspecified atom stereocenters. The molecule has 33 heavy (non-hydrogen) atoms. The third-order valence-electron chi connectivity index (χ3n) is 5.62. The van der Waals surface area contributed by atoms with Gasteiger partial charge in [-0.2, -0.15) is 0 Å². The first-order chi connectivity index (χ1) is 16.2. The average Bonchev–Trinajstić information content (AvgIpc) is 2.87. The minimum atomic E-state index is 0.273. The monoisotopic (exact) mass is 491 g/mol. The maximum atomic E-state index is 10.3. The van der Waals surface area contributed by atoms with E-state index in [4.69, 9.17) is 0 Å². The summed E-state index contributed by atoms with van der Waals surface area (Å²) in [7, 11) is 0. The predicted octanol–water partition coefficient (Wildman–Crippen LogP) is 8.96. The molecule has 2 nitrogen and oxygen atoms in total. The molecule has 5 aromatic carbocycles. The van der Waals surface area contributed by atoms with Crippen molar-refractivity contribution in [2.75, 3.05) is 4.90 Å². The van der Waals surface area contributed by atoms with E-state index >= 15 is 0 Å². The Morgan fingerprint density at radius 2 is 1.06 bits per heavy atom. The SMILES string of the molecule is Oc1ccc(Br)cc1-c1ccc(-c2cccc(N(c3ccccc3)c3ccccc3)c2)cc1. The standard InChI is InChI=1S/C30H22BrNO/c31-25-18-19-30(33)29(21-25)23-16-14-22(15-17-23)24-8-7-13-28(20-24)32(26-9-3-1-4-10-26)27-11-5-2-6-12-27/h1-21,33H. The average molecular weight is 492 g/mol. The molecule has 5 rings (SSSR count). The summed E-state index contributed by atoms with van der Waals surface area (Å²) in [5.41, 5.74) is 7.36. The molecule has 0 atom stereocenters. The highest BCUT2D eigenvalue weighted by Crippen LogP contribution is 2.37. The zero-order chi connectivity index (χ0) is 22.6. The molecule has 0 radical (unpaired) electrons. The van der Waals surface area contributed by atoms with Crippen LogP contribution in [0.2, 0.25) is 0 Å². The number of phenols is 1. The maximum absolute atomic E-state index is 10.3. The van der Waals surface area contributed by atoms with Crippen LogP contribution in [0, 0.1) is 0 Å². The summed E-state index contributed by atoms with van der Waals surface area (Å²) >= 11 is 3.49. The summed E-state index contributed by atoms with van der Waals surface area (Å²) in [5.74, 6) is 0.273. The summed E-state index contributed by atoms with van der Waals surface area (Å²) in [6.07, 6.45) is 0. The molecule has 0 spiro atoms. The molecule has 1 N–H and O–H groups in total. The molecule has 0 aliphatic carbocycles. The van der Waals surface area contributed by atoms with E-state index < -0.39 is 0 Å². The van der Waals surface area contributed by atoms with Gasteiger partial charge in [0.15, 0.2) is 0 Å². The number of para-hydroxylation sites is 2. The van der Waals surface area contributed by atoms with Crippen LogP contribution in [0.4, 0.5) is 17.1 Å². The van der Waals surface area contributed by atoms with E-state index in [1.807, 2.05) is 24.3 Å². The van der Waals surface area contributed by atoms with Gasteiger partial charge in [-0.3, -0.25) is 0 Å². The maximum Gasteiger partial charge on any atom is 0.123 e. The van der Waals surface area contributed by atoms with E-state index in [0.717, 1.165) is 43.8 Å². The Kier molecular flexibility index (Phi) is 5.97. The number of aromatic hydroxyl groups is 1. The highest BCUT2D eigenvalue weighted by molar-refractivity contribution is 9.10. The van der Waals surface area contributed by atoms with Gasteiger partial charge in [-0.15, -0.1) is 0 Å². The molecule has 3 heteroatoms. The second-order valence-electron chi connectivity index (χ2n) is 7.80. The molecule has 0 heterocycles. The topological polar surface area (TPSA) is 23.5 Å². The van der Waals surface area contributed by atoms with Crippen LogP contribution < -0.4 is 4.90 Å². The minimum Gasteiger partial charge on any atom is -0.507 e. The molecular weight excluding hydrogens is 470 g/mol. The van der Waals surface area contributed by atoms with E-state index in [9.17, 15) is 5.11 Å². The molecular formula is C30H22BrNO. The number of hydrogen-bond donors (Lipinski definition) is 1. The summed E-state index contributed by atoms with van der Waals surface area (Å²) in [4.78, 5) is 2.26. The molecule has 160 valence electrons. The molecule has 0 saturated heterocycles. The normalized spacial score (nSPS) is 10.7. The Balaban J connectivity index is 1.53. The Morgan fingerprint density at radius 1 is 0.485 bits per heavy atom. The van der Waals surface area contributed by atoms with Crippen LogP contribution >= 0.6 is 15.9 Å². The molecule has 0 fully saturated rings. The fraction of sp³-hybridized carbons (Fsp3) is 0. The molecule has 0 saturated carbocycles. The van der Waals surface area contributed by atoms with Crippen molar-refractivity contribution in [2.45, 2.75) is 0 Å². The number of hydrogen-bond acceptors (Lipinski definition) is 2. The summed E-state index contributed by atoms with van der Waals surface area (Å²) in [5, 5.41) is 10.3. The first kappa shape index (κ1) is 21.0. The first-order valence-electron chi connectivity index (χ1n) is 10.8. The van der Waals surface area contributed by atoms with Crippen molar-refractivity contribution in [1.29, 1.82) is 0 Å². The second kappa shape index (κ2) is 9.35. The largest absolute Gasteiger partial charge is 0.507 e. The highest BCUT2D eigenvalue weighted by atomic mass is 79.9. The van der Waals surface area contributed by atoms with Crippen molar-refractivity contribution in [1.82, 2.24) is 0 Å². The van der Waals surface area contributed by atoms with E-state index in [-0.39, 0.29) is 5.75 Å². The van der Waals surface area contributed by atoms with Gasteiger partial charge in [0.1, 0.15) is 5.75 Å². The van der Waals surface area contributed by atoms with Gasteiger partial charge in [-0.25, -0.2) is 0 Å². The molecule has 0 aliphatic rings.